The van der Waals surface area contributed by atoms with E-state index in [1.807, 2.05) is 31.2 Å². The summed E-state index contributed by atoms with van der Waals surface area (Å²) in [5, 5.41) is 7.93. The average Bonchev–Trinajstić information content (AvgIpc) is 3.50. The number of pyridine rings is 1. The number of hydrogen-bond acceptors (Lipinski definition) is 7. The molecule has 0 aromatic carbocycles. The average molecular weight is 409 g/mol. The molecule has 30 heavy (non-hydrogen) atoms. The highest BCUT2D eigenvalue weighted by Gasteiger charge is 2.67. The SMILES string of the molecule is CCc1nnc(CN(C)C(=O)[C@H]2[C@@H]3C=C[C@@]4(CN(Cc5cccnc5)C(=O)[C@H]24)O3)o1. The fraction of sp³-hybridized carbons (Fsp3) is 0.476. The monoisotopic (exact) mass is 409 g/mol. The van der Waals surface area contributed by atoms with Crippen molar-refractivity contribution in [3.63, 3.8) is 0 Å². The Morgan fingerprint density at radius 3 is 2.93 bits per heavy atom. The predicted molar refractivity (Wildman–Crippen MR) is 104 cm³/mol. The predicted octanol–water partition coefficient (Wildman–Crippen LogP) is 0.968. The van der Waals surface area contributed by atoms with Crippen molar-refractivity contribution in [1.29, 1.82) is 0 Å². The van der Waals surface area contributed by atoms with E-state index in [2.05, 4.69) is 15.2 Å². The second-order valence-corrected chi connectivity index (χ2v) is 8.09. The second kappa shape index (κ2) is 7.02. The molecule has 2 bridgehead atoms. The normalized spacial score (nSPS) is 28.9. The van der Waals surface area contributed by atoms with Crippen molar-refractivity contribution in [2.45, 2.75) is 38.1 Å². The summed E-state index contributed by atoms with van der Waals surface area (Å²) in [4.78, 5) is 34.0. The highest BCUT2D eigenvalue weighted by Crippen LogP contribution is 2.52. The van der Waals surface area contributed by atoms with Gasteiger partial charge in [0, 0.05) is 32.4 Å². The number of nitrogens with zero attached hydrogens (tertiary/aromatic N) is 5. The van der Waals surface area contributed by atoms with Crippen LogP contribution in [0, 0.1) is 11.8 Å². The maximum Gasteiger partial charge on any atom is 0.235 e. The quantitative estimate of drug-likeness (QED) is 0.655. The molecule has 3 aliphatic heterocycles. The van der Waals surface area contributed by atoms with Crippen molar-refractivity contribution in [3.8, 4) is 0 Å². The highest BCUT2D eigenvalue weighted by atomic mass is 16.5. The maximum atomic E-state index is 13.3. The largest absolute Gasteiger partial charge is 0.423 e. The van der Waals surface area contributed by atoms with Gasteiger partial charge in [-0.2, -0.15) is 0 Å². The van der Waals surface area contributed by atoms with Crippen LogP contribution in [0.5, 0.6) is 0 Å². The standard InChI is InChI=1S/C21H23N5O4/c1-3-15-23-24-16(29-15)11-25(2)19(27)17-14-6-7-21(30-14)12-26(20(28)18(17)21)10-13-5-4-8-22-9-13/h4-9,14,17-18H,3,10-12H2,1-2H3/t14-,17-,18-,21-/m0/s1. The van der Waals surface area contributed by atoms with Crippen molar-refractivity contribution in [2.24, 2.45) is 11.8 Å². The van der Waals surface area contributed by atoms with Gasteiger partial charge in [-0.1, -0.05) is 25.1 Å². The van der Waals surface area contributed by atoms with E-state index in [9.17, 15) is 9.59 Å². The van der Waals surface area contributed by atoms with Crippen LogP contribution in [-0.4, -0.2) is 62.1 Å². The summed E-state index contributed by atoms with van der Waals surface area (Å²) >= 11 is 0. The summed E-state index contributed by atoms with van der Waals surface area (Å²) in [6, 6.07) is 3.78. The number of carbonyl (C=O) groups excluding carboxylic acids is 2. The van der Waals surface area contributed by atoms with Crippen LogP contribution in [0.25, 0.3) is 0 Å². The molecule has 1 spiro atoms. The number of fused-ring (bicyclic) bond motifs is 1. The van der Waals surface area contributed by atoms with Crippen LogP contribution in [0.1, 0.15) is 24.3 Å². The van der Waals surface area contributed by atoms with Gasteiger partial charge >= 0.3 is 0 Å². The van der Waals surface area contributed by atoms with Gasteiger partial charge < -0.3 is 19.0 Å². The number of aryl methyl sites for hydroxylation is 1. The summed E-state index contributed by atoms with van der Waals surface area (Å²) < 4.78 is 11.7. The lowest BCUT2D eigenvalue weighted by Crippen LogP contribution is -2.44. The maximum absolute atomic E-state index is 13.3. The highest BCUT2D eigenvalue weighted by molar-refractivity contribution is 5.92. The molecule has 0 aliphatic carbocycles. The first-order valence-electron chi connectivity index (χ1n) is 10.1. The minimum absolute atomic E-state index is 0.0523. The van der Waals surface area contributed by atoms with Gasteiger partial charge in [0.1, 0.15) is 5.60 Å². The Hall–Kier alpha value is -3.07. The number of aromatic nitrogens is 3. The van der Waals surface area contributed by atoms with Gasteiger partial charge in [-0.05, 0) is 11.6 Å². The third-order valence-electron chi connectivity index (χ3n) is 6.12. The molecule has 3 aliphatic rings. The zero-order valence-corrected chi connectivity index (χ0v) is 16.9. The number of ether oxygens (including phenoxy) is 1. The molecule has 0 N–H and O–H groups in total. The molecule has 2 aromatic heterocycles. The Balaban J connectivity index is 1.34. The lowest BCUT2D eigenvalue weighted by molar-refractivity contribution is -0.143. The summed E-state index contributed by atoms with van der Waals surface area (Å²) in [5.74, 6) is -0.360. The van der Waals surface area contributed by atoms with Crippen LogP contribution >= 0.6 is 0 Å². The van der Waals surface area contributed by atoms with Crippen LogP contribution in [0.15, 0.2) is 41.1 Å². The minimum atomic E-state index is -0.731. The molecule has 9 nitrogen and oxygen atoms in total. The molecule has 5 rings (SSSR count). The molecular weight excluding hydrogens is 386 g/mol. The molecule has 4 atom stereocenters. The van der Waals surface area contributed by atoms with Crippen molar-refractivity contribution < 1.29 is 18.7 Å². The lowest BCUT2D eigenvalue weighted by atomic mass is 9.76. The fourth-order valence-corrected chi connectivity index (χ4v) is 4.74. The van der Waals surface area contributed by atoms with Gasteiger partial charge in [0.25, 0.3) is 0 Å². The molecule has 156 valence electrons. The van der Waals surface area contributed by atoms with Crippen molar-refractivity contribution in [2.75, 3.05) is 13.6 Å². The van der Waals surface area contributed by atoms with E-state index in [1.54, 1.807) is 29.2 Å². The number of hydrogen-bond donors (Lipinski definition) is 0. The first kappa shape index (κ1) is 18.9. The van der Waals surface area contributed by atoms with Crippen LogP contribution < -0.4 is 0 Å². The zero-order chi connectivity index (χ0) is 20.9. The van der Waals surface area contributed by atoms with Gasteiger partial charge in [-0.25, -0.2) is 0 Å². The number of amides is 2. The Morgan fingerprint density at radius 1 is 1.37 bits per heavy atom. The third kappa shape index (κ3) is 2.92. The van der Waals surface area contributed by atoms with E-state index in [0.29, 0.717) is 31.3 Å². The minimum Gasteiger partial charge on any atom is -0.423 e. The lowest BCUT2D eigenvalue weighted by Gasteiger charge is -2.27. The molecule has 2 saturated heterocycles. The first-order valence-corrected chi connectivity index (χ1v) is 10.1. The molecule has 0 saturated carbocycles. The third-order valence-corrected chi connectivity index (χ3v) is 6.12. The van der Waals surface area contributed by atoms with Crippen molar-refractivity contribution >= 4 is 11.8 Å². The Kier molecular flexibility index (Phi) is 4.43. The second-order valence-electron chi connectivity index (χ2n) is 8.09. The van der Waals surface area contributed by atoms with E-state index < -0.39 is 17.4 Å². The van der Waals surface area contributed by atoms with Crippen LogP contribution in [0.3, 0.4) is 0 Å². The van der Waals surface area contributed by atoms with E-state index in [1.165, 1.54) is 0 Å². The molecule has 0 radical (unpaired) electrons. The van der Waals surface area contributed by atoms with Gasteiger partial charge in [-0.3, -0.25) is 14.6 Å². The van der Waals surface area contributed by atoms with Crippen molar-refractivity contribution in [1.82, 2.24) is 25.0 Å². The van der Waals surface area contributed by atoms with Gasteiger partial charge in [-0.15, -0.1) is 10.2 Å². The molecule has 2 fully saturated rings. The fourth-order valence-electron chi connectivity index (χ4n) is 4.74. The zero-order valence-electron chi connectivity index (χ0n) is 16.9. The number of carbonyl (C=O) groups is 2. The molecular formula is C21H23N5O4. The van der Waals surface area contributed by atoms with Crippen LogP contribution in [-0.2, 0) is 33.8 Å². The first-order chi connectivity index (χ1) is 14.5. The summed E-state index contributed by atoms with van der Waals surface area (Å²) in [6.07, 6.45) is 7.57. The number of rotatable bonds is 6. The summed E-state index contributed by atoms with van der Waals surface area (Å²) in [7, 11) is 1.69. The van der Waals surface area contributed by atoms with Crippen LogP contribution in [0.2, 0.25) is 0 Å². The summed E-state index contributed by atoms with van der Waals surface area (Å²) in [6.45, 7) is 3.01. The Labute approximate surface area is 173 Å². The molecule has 2 amide bonds. The van der Waals surface area contributed by atoms with Gasteiger partial charge in [0.05, 0.1) is 31.0 Å². The van der Waals surface area contributed by atoms with Gasteiger partial charge in [0.2, 0.25) is 23.6 Å². The number of likely N-dealkylation sites (tertiary alicyclic amines) is 1. The van der Waals surface area contributed by atoms with Crippen LogP contribution in [0.4, 0.5) is 0 Å². The molecule has 5 heterocycles. The van der Waals surface area contributed by atoms with Gasteiger partial charge in [0.15, 0.2) is 0 Å². The smallest absolute Gasteiger partial charge is 0.235 e. The molecule has 2 aromatic rings. The Bertz CT molecular complexity index is 1010. The summed E-state index contributed by atoms with van der Waals surface area (Å²) in [5.41, 5.74) is 0.217. The molecule has 0 unspecified atom stereocenters. The van der Waals surface area contributed by atoms with E-state index in [0.717, 1.165) is 5.56 Å². The van der Waals surface area contributed by atoms with E-state index in [4.69, 9.17) is 9.15 Å². The Morgan fingerprint density at radius 2 is 2.20 bits per heavy atom. The molecule has 9 heteroatoms. The van der Waals surface area contributed by atoms with E-state index in [-0.39, 0.29) is 24.5 Å². The van der Waals surface area contributed by atoms with E-state index >= 15 is 0 Å². The topological polar surface area (TPSA) is 102 Å². The van der Waals surface area contributed by atoms with Crippen molar-refractivity contribution in [3.05, 3.63) is 54.0 Å².